The molecule has 2 aromatic carbocycles. The number of aromatic nitrogens is 1. The monoisotopic (exact) mass is 289 g/mol. The predicted octanol–water partition coefficient (Wildman–Crippen LogP) is 4.74. The van der Waals surface area contributed by atoms with E-state index in [1.807, 2.05) is 30.3 Å². The molecule has 84 valence electrons. The van der Waals surface area contributed by atoms with Crippen molar-refractivity contribution in [1.29, 1.82) is 0 Å². The molecule has 1 aromatic heterocycles. The van der Waals surface area contributed by atoms with Crippen LogP contribution in [0, 0.1) is 5.82 Å². The van der Waals surface area contributed by atoms with Crippen LogP contribution in [-0.4, -0.2) is 4.98 Å². The fraction of sp³-hybridized carbons (Fsp3) is 0. The lowest BCUT2D eigenvalue weighted by Crippen LogP contribution is -1.82. The number of nitrogens with one attached hydrogen (secondary N) is 1. The number of aromatic amines is 1. The topological polar surface area (TPSA) is 15.8 Å². The molecule has 1 heterocycles. The SMILES string of the molecule is Fc1ccccc1-c1cc2cccc(Br)c2[nH]1. The minimum absolute atomic E-state index is 0.213. The second-order valence-corrected chi connectivity index (χ2v) is 4.72. The van der Waals surface area contributed by atoms with Crippen molar-refractivity contribution in [3.63, 3.8) is 0 Å². The van der Waals surface area contributed by atoms with Crippen molar-refractivity contribution in [2.75, 3.05) is 0 Å². The summed E-state index contributed by atoms with van der Waals surface area (Å²) < 4.78 is 14.7. The van der Waals surface area contributed by atoms with Crippen LogP contribution in [0.5, 0.6) is 0 Å². The van der Waals surface area contributed by atoms with Gasteiger partial charge in [-0.2, -0.15) is 0 Å². The van der Waals surface area contributed by atoms with Crippen LogP contribution in [-0.2, 0) is 0 Å². The average molecular weight is 290 g/mol. The van der Waals surface area contributed by atoms with E-state index in [0.717, 1.165) is 21.1 Å². The van der Waals surface area contributed by atoms with Crippen molar-refractivity contribution in [1.82, 2.24) is 4.98 Å². The van der Waals surface area contributed by atoms with Crippen molar-refractivity contribution in [2.45, 2.75) is 0 Å². The van der Waals surface area contributed by atoms with Gasteiger partial charge in [0.05, 0.1) is 5.52 Å². The number of hydrogen-bond donors (Lipinski definition) is 1. The summed E-state index contributed by atoms with van der Waals surface area (Å²) in [7, 11) is 0. The molecule has 0 fully saturated rings. The third kappa shape index (κ3) is 1.76. The van der Waals surface area contributed by atoms with Crippen LogP contribution in [0.15, 0.2) is 53.0 Å². The Kier molecular flexibility index (Phi) is 2.48. The van der Waals surface area contributed by atoms with Crippen LogP contribution < -0.4 is 0 Å². The third-order valence-electron chi connectivity index (χ3n) is 2.77. The number of H-pyrrole nitrogens is 1. The fourth-order valence-corrected chi connectivity index (χ4v) is 2.42. The van der Waals surface area contributed by atoms with Crippen LogP contribution in [0.3, 0.4) is 0 Å². The molecule has 0 saturated heterocycles. The minimum atomic E-state index is -0.213. The van der Waals surface area contributed by atoms with Gasteiger partial charge in [-0.1, -0.05) is 24.3 Å². The summed E-state index contributed by atoms with van der Waals surface area (Å²) in [4.78, 5) is 3.23. The Labute approximate surface area is 106 Å². The van der Waals surface area contributed by atoms with E-state index in [9.17, 15) is 4.39 Å². The molecule has 3 aromatic rings. The highest BCUT2D eigenvalue weighted by Gasteiger charge is 2.08. The summed E-state index contributed by atoms with van der Waals surface area (Å²) in [6, 6.07) is 14.6. The zero-order valence-corrected chi connectivity index (χ0v) is 10.5. The van der Waals surface area contributed by atoms with Crippen LogP contribution in [0.1, 0.15) is 0 Å². The summed E-state index contributed by atoms with van der Waals surface area (Å²) in [5, 5.41) is 1.07. The fourth-order valence-electron chi connectivity index (χ4n) is 1.94. The van der Waals surface area contributed by atoms with Crippen molar-refractivity contribution < 1.29 is 4.39 Å². The zero-order valence-electron chi connectivity index (χ0n) is 8.87. The molecule has 0 radical (unpaired) electrons. The van der Waals surface area contributed by atoms with Gasteiger partial charge in [0.1, 0.15) is 5.82 Å². The highest BCUT2D eigenvalue weighted by atomic mass is 79.9. The van der Waals surface area contributed by atoms with Gasteiger partial charge in [0, 0.05) is 21.1 Å². The summed E-state index contributed by atoms with van der Waals surface area (Å²) >= 11 is 3.48. The van der Waals surface area contributed by atoms with E-state index in [1.54, 1.807) is 12.1 Å². The molecule has 0 saturated carbocycles. The standard InChI is InChI=1S/C14H9BrFN/c15-11-6-3-4-9-8-13(17-14(9)11)10-5-1-2-7-12(10)16/h1-8,17H. The Balaban J connectivity index is 2.26. The van der Waals surface area contributed by atoms with Crippen molar-refractivity contribution >= 4 is 26.8 Å². The first-order valence-corrected chi connectivity index (χ1v) is 6.07. The number of fused-ring (bicyclic) bond motifs is 1. The first kappa shape index (κ1) is 10.5. The van der Waals surface area contributed by atoms with Gasteiger partial charge >= 0.3 is 0 Å². The van der Waals surface area contributed by atoms with Crippen molar-refractivity contribution in [2.24, 2.45) is 0 Å². The predicted molar refractivity (Wildman–Crippen MR) is 71.4 cm³/mol. The first-order chi connectivity index (χ1) is 8.25. The second kappa shape index (κ2) is 4.00. The molecule has 3 rings (SSSR count). The lowest BCUT2D eigenvalue weighted by molar-refractivity contribution is 0.631. The lowest BCUT2D eigenvalue weighted by atomic mass is 10.1. The molecule has 0 bridgehead atoms. The smallest absolute Gasteiger partial charge is 0.132 e. The number of para-hydroxylation sites is 1. The molecule has 17 heavy (non-hydrogen) atoms. The highest BCUT2D eigenvalue weighted by molar-refractivity contribution is 9.10. The zero-order chi connectivity index (χ0) is 11.8. The van der Waals surface area contributed by atoms with E-state index in [4.69, 9.17) is 0 Å². The molecule has 0 atom stereocenters. The Morgan fingerprint density at radius 3 is 2.59 bits per heavy atom. The van der Waals surface area contributed by atoms with Gasteiger partial charge in [-0.15, -0.1) is 0 Å². The molecule has 0 aliphatic rings. The summed E-state index contributed by atoms with van der Waals surface area (Å²) in [6.07, 6.45) is 0. The van der Waals surface area contributed by atoms with Crippen LogP contribution in [0.25, 0.3) is 22.2 Å². The first-order valence-electron chi connectivity index (χ1n) is 5.28. The summed E-state index contributed by atoms with van der Waals surface area (Å²) in [6.45, 7) is 0. The minimum Gasteiger partial charge on any atom is -0.354 e. The van der Waals surface area contributed by atoms with Crippen LogP contribution in [0.2, 0.25) is 0 Å². The molecular weight excluding hydrogens is 281 g/mol. The van der Waals surface area contributed by atoms with Gasteiger partial charge in [-0.25, -0.2) is 4.39 Å². The van der Waals surface area contributed by atoms with Gasteiger partial charge < -0.3 is 4.98 Å². The molecule has 0 spiro atoms. The Morgan fingerprint density at radius 1 is 1.00 bits per heavy atom. The van der Waals surface area contributed by atoms with E-state index >= 15 is 0 Å². The van der Waals surface area contributed by atoms with Gasteiger partial charge in [0.15, 0.2) is 0 Å². The molecule has 0 aliphatic heterocycles. The molecule has 3 heteroatoms. The molecule has 0 unspecified atom stereocenters. The Bertz CT molecular complexity index is 688. The number of rotatable bonds is 1. The number of halogens is 2. The van der Waals surface area contributed by atoms with E-state index in [2.05, 4.69) is 20.9 Å². The van der Waals surface area contributed by atoms with Gasteiger partial charge in [-0.3, -0.25) is 0 Å². The summed E-state index contributed by atoms with van der Waals surface area (Å²) in [5.41, 5.74) is 2.38. The van der Waals surface area contributed by atoms with Crippen molar-refractivity contribution in [3.8, 4) is 11.3 Å². The lowest BCUT2D eigenvalue weighted by Gasteiger charge is -1.98. The Hall–Kier alpha value is -1.61. The Morgan fingerprint density at radius 2 is 1.82 bits per heavy atom. The normalized spacial score (nSPS) is 10.9. The van der Waals surface area contributed by atoms with Crippen LogP contribution in [0.4, 0.5) is 4.39 Å². The largest absolute Gasteiger partial charge is 0.354 e. The quantitative estimate of drug-likeness (QED) is 0.666. The average Bonchev–Trinajstić information content (AvgIpc) is 2.75. The molecule has 0 aliphatic carbocycles. The van der Waals surface area contributed by atoms with Gasteiger partial charge in [0.2, 0.25) is 0 Å². The van der Waals surface area contributed by atoms with E-state index in [0.29, 0.717) is 5.56 Å². The number of hydrogen-bond acceptors (Lipinski definition) is 0. The number of benzene rings is 2. The maximum atomic E-state index is 13.7. The maximum Gasteiger partial charge on any atom is 0.132 e. The third-order valence-corrected chi connectivity index (χ3v) is 3.43. The van der Waals surface area contributed by atoms with Gasteiger partial charge in [-0.05, 0) is 40.2 Å². The molecule has 1 N–H and O–H groups in total. The summed E-state index contributed by atoms with van der Waals surface area (Å²) in [5.74, 6) is -0.213. The van der Waals surface area contributed by atoms with E-state index < -0.39 is 0 Å². The maximum absolute atomic E-state index is 13.7. The molecule has 0 amide bonds. The second-order valence-electron chi connectivity index (χ2n) is 3.87. The van der Waals surface area contributed by atoms with Crippen LogP contribution >= 0.6 is 15.9 Å². The van der Waals surface area contributed by atoms with E-state index in [1.165, 1.54) is 6.07 Å². The van der Waals surface area contributed by atoms with Crippen molar-refractivity contribution in [3.05, 3.63) is 58.8 Å². The van der Waals surface area contributed by atoms with Gasteiger partial charge in [0.25, 0.3) is 0 Å². The molecule has 1 nitrogen and oxygen atoms in total. The highest BCUT2D eigenvalue weighted by Crippen LogP contribution is 2.29. The molecular formula is C14H9BrFN. The van der Waals surface area contributed by atoms with E-state index in [-0.39, 0.29) is 5.82 Å².